The van der Waals surface area contributed by atoms with Crippen molar-refractivity contribution in [3.63, 3.8) is 0 Å². The first kappa shape index (κ1) is 22.2. The maximum atomic E-state index is 13.7. The van der Waals surface area contributed by atoms with E-state index >= 15 is 0 Å². The average Bonchev–Trinajstić information content (AvgIpc) is 2.74. The maximum absolute atomic E-state index is 13.7. The van der Waals surface area contributed by atoms with Gasteiger partial charge in [-0.25, -0.2) is 13.6 Å². The van der Waals surface area contributed by atoms with Gasteiger partial charge in [0, 0.05) is 5.56 Å². The summed E-state index contributed by atoms with van der Waals surface area (Å²) in [6.07, 6.45) is 0.747. The molecule has 0 heterocycles. The molecule has 0 saturated carbocycles. The molecule has 0 aliphatic heterocycles. The second kappa shape index (κ2) is 9.99. The highest BCUT2D eigenvalue weighted by Gasteiger charge is 2.15. The van der Waals surface area contributed by atoms with Crippen LogP contribution in [0.25, 0.3) is 6.08 Å². The van der Waals surface area contributed by atoms with Gasteiger partial charge in [0.1, 0.15) is 17.2 Å². The fraction of sp³-hybridized carbons (Fsp3) is 0.0435. The van der Waals surface area contributed by atoms with Gasteiger partial charge in [-0.05, 0) is 57.9 Å². The van der Waals surface area contributed by atoms with E-state index in [-0.39, 0.29) is 5.56 Å². The number of halogens is 3. The quantitative estimate of drug-likeness (QED) is 0.443. The van der Waals surface area contributed by atoms with E-state index in [4.69, 9.17) is 4.74 Å². The molecular weight excluding hydrogens is 472 g/mol. The summed E-state index contributed by atoms with van der Waals surface area (Å²) in [5, 5.41) is 11.6. The average molecular weight is 488 g/mol. The summed E-state index contributed by atoms with van der Waals surface area (Å²) >= 11 is 3.39. The minimum atomic E-state index is -1.37. The number of aliphatic carboxylic acids is 1. The fourth-order valence-electron chi connectivity index (χ4n) is 2.66. The fourth-order valence-corrected chi connectivity index (χ4v) is 3.02. The van der Waals surface area contributed by atoms with Gasteiger partial charge in [0.2, 0.25) is 5.91 Å². The van der Waals surface area contributed by atoms with E-state index in [1.165, 1.54) is 18.2 Å². The number of amides is 1. The summed E-state index contributed by atoms with van der Waals surface area (Å²) in [4.78, 5) is 23.7. The Bertz CT molecular complexity index is 1150. The molecule has 31 heavy (non-hydrogen) atoms. The maximum Gasteiger partial charge on any atom is 0.352 e. The number of carbonyl (C=O) groups excluding carboxylic acids is 1. The summed E-state index contributed by atoms with van der Waals surface area (Å²) in [6.45, 7) is 0. The van der Waals surface area contributed by atoms with Gasteiger partial charge in [-0.1, -0.05) is 36.4 Å². The highest BCUT2D eigenvalue weighted by molar-refractivity contribution is 9.10. The van der Waals surface area contributed by atoms with E-state index in [9.17, 15) is 23.5 Å². The lowest BCUT2D eigenvalue weighted by Gasteiger charge is -2.09. The summed E-state index contributed by atoms with van der Waals surface area (Å²) in [5.74, 6) is -3.22. The molecule has 3 aromatic carbocycles. The van der Waals surface area contributed by atoms with Crippen LogP contribution in [-0.4, -0.2) is 17.0 Å². The summed E-state index contributed by atoms with van der Waals surface area (Å²) < 4.78 is 33.5. The third-order valence-electron chi connectivity index (χ3n) is 4.14. The zero-order chi connectivity index (χ0) is 22.4. The van der Waals surface area contributed by atoms with Crippen molar-refractivity contribution in [1.82, 2.24) is 5.32 Å². The number of hydrogen-bond donors (Lipinski definition) is 2. The molecule has 0 unspecified atom stereocenters. The van der Waals surface area contributed by atoms with Gasteiger partial charge < -0.3 is 15.2 Å². The molecule has 0 aromatic heterocycles. The van der Waals surface area contributed by atoms with Gasteiger partial charge in [0.15, 0.2) is 11.6 Å². The molecule has 0 aliphatic rings. The highest BCUT2D eigenvalue weighted by atomic mass is 79.9. The molecule has 0 aliphatic carbocycles. The molecule has 0 fully saturated rings. The van der Waals surface area contributed by atoms with Crippen LogP contribution in [-0.2, 0) is 16.0 Å². The monoisotopic (exact) mass is 487 g/mol. The Morgan fingerprint density at radius 2 is 1.71 bits per heavy atom. The predicted molar refractivity (Wildman–Crippen MR) is 114 cm³/mol. The standard InChI is InChI=1S/C23H16BrF2NO4/c24-17-5-1-2-7-20(17)31-16-10-8-14(9-11-16)12-19(23(29)30)27-21(28)13-15-4-3-6-18(25)22(15)26/h1-12H,13H2,(H,27,28)(H,29,30). The van der Waals surface area contributed by atoms with Crippen molar-refractivity contribution < 1.29 is 28.2 Å². The molecule has 0 saturated heterocycles. The van der Waals surface area contributed by atoms with E-state index in [0.717, 1.165) is 10.5 Å². The molecule has 0 atom stereocenters. The van der Waals surface area contributed by atoms with Crippen LogP contribution in [0.3, 0.4) is 0 Å². The van der Waals surface area contributed by atoms with Crippen LogP contribution in [0.4, 0.5) is 8.78 Å². The predicted octanol–water partition coefficient (Wildman–Crippen LogP) is 5.30. The first-order valence-corrected chi connectivity index (χ1v) is 9.83. The Morgan fingerprint density at radius 3 is 2.39 bits per heavy atom. The van der Waals surface area contributed by atoms with Crippen molar-refractivity contribution in [1.29, 1.82) is 0 Å². The van der Waals surface area contributed by atoms with Crippen LogP contribution in [0, 0.1) is 11.6 Å². The SMILES string of the molecule is O=C(Cc1cccc(F)c1F)NC(=Cc1ccc(Oc2ccccc2Br)cc1)C(=O)O. The molecule has 5 nitrogen and oxygen atoms in total. The number of carboxylic acids is 1. The second-order valence-electron chi connectivity index (χ2n) is 6.40. The Hall–Kier alpha value is -3.52. The Labute approximate surface area is 185 Å². The number of carboxylic acid groups (broad SMARTS) is 1. The van der Waals surface area contributed by atoms with Crippen LogP contribution in [0.1, 0.15) is 11.1 Å². The first-order valence-electron chi connectivity index (χ1n) is 9.03. The van der Waals surface area contributed by atoms with Crippen molar-refractivity contribution in [3.8, 4) is 11.5 Å². The number of benzene rings is 3. The van der Waals surface area contributed by atoms with Gasteiger partial charge in [-0.2, -0.15) is 0 Å². The lowest BCUT2D eigenvalue weighted by atomic mass is 10.1. The van der Waals surface area contributed by atoms with E-state index in [0.29, 0.717) is 17.1 Å². The van der Waals surface area contributed by atoms with E-state index in [1.807, 2.05) is 18.2 Å². The minimum Gasteiger partial charge on any atom is -0.477 e. The van der Waals surface area contributed by atoms with Crippen molar-refractivity contribution in [2.24, 2.45) is 0 Å². The van der Waals surface area contributed by atoms with Crippen LogP contribution in [0.15, 0.2) is 76.9 Å². The van der Waals surface area contributed by atoms with Crippen LogP contribution in [0.2, 0.25) is 0 Å². The lowest BCUT2D eigenvalue weighted by Crippen LogP contribution is -2.28. The Morgan fingerprint density at radius 1 is 1.00 bits per heavy atom. The largest absolute Gasteiger partial charge is 0.477 e. The molecule has 0 radical (unpaired) electrons. The Balaban J connectivity index is 1.71. The highest BCUT2D eigenvalue weighted by Crippen LogP contribution is 2.29. The second-order valence-corrected chi connectivity index (χ2v) is 7.26. The van der Waals surface area contributed by atoms with Crippen molar-refractivity contribution >= 4 is 33.9 Å². The number of nitrogens with one attached hydrogen (secondary N) is 1. The van der Waals surface area contributed by atoms with E-state index in [2.05, 4.69) is 21.2 Å². The molecule has 1 amide bonds. The molecule has 8 heteroatoms. The van der Waals surface area contributed by atoms with E-state index < -0.39 is 35.6 Å². The topological polar surface area (TPSA) is 75.6 Å². The normalized spacial score (nSPS) is 11.1. The summed E-state index contributed by atoms with van der Waals surface area (Å²) in [5.41, 5.74) is -0.0776. The zero-order valence-corrected chi connectivity index (χ0v) is 17.5. The van der Waals surface area contributed by atoms with Crippen LogP contribution in [0.5, 0.6) is 11.5 Å². The smallest absolute Gasteiger partial charge is 0.352 e. The van der Waals surface area contributed by atoms with Gasteiger partial charge >= 0.3 is 5.97 Å². The number of carbonyl (C=O) groups is 2. The van der Waals surface area contributed by atoms with Crippen LogP contribution >= 0.6 is 15.9 Å². The molecule has 3 aromatic rings. The molecule has 0 bridgehead atoms. The van der Waals surface area contributed by atoms with Gasteiger partial charge in [-0.15, -0.1) is 0 Å². The number of rotatable bonds is 7. The van der Waals surface area contributed by atoms with Gasteiger partial charge in [0.25, 0.3) is 0 Å². The number of para-hydroxylation sites is 1. The van der Waals surface area contributed by atoms with Crippen molar-refractivity contribution in [3.05, 3.63) is 99.7 Å². The molecule has 158 valence electrons. The van der Waals surface area contributed by atoms with Gasteiger partial charge in [-0.3, -0.25) is 4.79 Å². The third kappa shape index (κ3) is 5.99. The van der Waals surface area contributed by atoms with Crippen molar-refractivity contribution in [2.75, 3.05) is 0 Å². The zero-order valence-electron chi connectivity index (χ0n) is 15.9. The number of ether oxygens (including phenoxy) is 1. The molecule has 3 rings (SSSR count). The summed E-state index contributed by atoms with van der Waals surface area (Å²) in [7, 11) is 0. The molecule has 0 spiro atoms. The lowest BCUT2D eigenvalue weighted by molar-refractivity contribution is -0.134. The van der Waals surface area contributed by atoms with Crippen LogP contribution < -0.4 is 10.1 Å². The minimum absolute atomic E-state index is 0.171. The van der Waals surface area contributed by atoms with Gasteiger partial charge in [0.05, 0.1) is 10.9 Å². The summed E-state index contributed by atoms with van der Waals surface area (Å²) in [6, 6.07) is 17.3. The van der Waals surface area contributed by atoms with E-state index in [1.54, 1.807) is 30.3 Å². The first-order chi connectivity index (χ1) is 14.8. The molecular formula is C23H16BrF2NO4. The number of hydrogen-bond acceptors (Lipinski definition) is 3. The Kier molecular flexibility index (Phi) is 7.15. The molecule has 2 N–H and O–H groups in total. The van der Waals surface area contributed by atoms with Crippen molar-refractivity contribution in [2.45, 2.75) is 6.42 Å². The third-order valence-corrected chi connectivity index (χ3v) is 4.80.